The number of rotatable bonds is 4. The number of hydrogen-bond donors (Lipinski definition) is 2. The minimum atomic E-state index is -0.497. The van der Waals surface area contributed by atoms with Crippen molar-refractivity contribution in [2.75, 3.05) is 27.3 Å². The van der Waals surface area contributed by atoms with E-state index >= 15 is 0 Å². The van der Waals surface area contributed by atoms with Crippen molar-refractivity contribution >= 4 is 12.0 Å². The molecule has 8 nitrogen and oxygen atoms in total. The normalized spacial score (nSPS) is 16.1. The van der Waals surface area contributed by atoms with Gasteiger partial charge >= 0.3 is 12.0 Å². The largest absolute Gasteiger partial charge is 0.497 e. The zero-order chi connectivity index (χ0) is 17.8. The number of urea groups is 1. The van der Waals surface area contributed by atoms with Gasteiger partial charge in [-0.3, -0.25) is 4.79 Å². The van der Waals surface area contributed by atoms with E-state index in [0.717, 1.165) is 17.0 Å². The highest BCUT2D eigenvalue weighted by atomic mass is 16.5. The van der Waals surface area contributed by atoms with Crippen LogP contribution in [0.15, 0.2) is 30.6 Å². The average Bonchev–Trinajstić information content (AvgIpc) is 3.13. The number of H-pyrrole nitrogens is 1. The summed E-state index contributed by atoms with van der Waals surface area (Å²) in [6.45, 7) is 0.328. The fourth-order valence-electron chi connectivity index (χ4n) is 2.97. The number of carbonyl (C=O) groups is 2. The van der Waals surface area contributed by atoms with Crippen molar-refractivity contribution in [2.24, 2.45) is 0 Å². The van der Waals surface area contributed by atoms with Crippen molar-refractivity contribution in [2.45, 2.75) is 12.5 Å². The number of aromatic nitrogens is 2. The van der Waals surface area contributed by atoms with E-state index in [0.29, 0.717) is 18.7 Å². The number of methoxy groups -OCH3 is 2. The summed E-state index contributed by atoms with van der Waals surface area (Å²) in [6.07, 6.45) is 2.30. The molecule has 0 spiro atoms. The number of amides is 2. The Morgan fingerprint density at radius 2 is 2.24 bits per heavy atom. The van der Waals surface area contributed by atoms with Crippen molar-refractivity contribution in [3.8, 4) is 5.75 Å². The highest BCUT2D eigenvalue weighted by Crippen LogP contribution is 2.34. The third-order valence-corrected chi connectivity index (χ3v) is 4.21. The Morgan fingerprint density at radius 3 is 3.00 bits per heavy atom. The Kier molecular flexibility index (Phi) is 4.87. The fraction of sp³-hybridized carbons (Fsp3) is 0.353. The first-order valence-electron chi connectivity index (χ1n) is 7.91. The molecule has 0 saturated heterocycles. The van der Waals surface area contributed by atoms with Crippen LogP contribution in [0.2, 0.25) is 0 Å². The summed E-state index contributed by atoms with van der Waals surface area (Å²) < 4.78 is 9.86. The van der Waals surface area contributed by atoms with E-state index in [4.69, 9.17) is 4.74 Å². The molecule has 1 aliphatic rings. The van der Waals surface area contributed by atoms with Gasteiger partial charge < -0.3 is 24.7 Å². The first-order valence-corrected chi connectivity index (χ1v) is 7.91. The van der Waals surface area contributed by atoms with Gasteiger partial charge in [0, 0.05) is 18.7 Å². The molecule has 3 rings (SSSR count). The van der Waals surface area contributed by atoms with Gasteiger partial charge in [0.1, 0.15) is 18.3 Å². The number of aromatic amines is 1. The molecule has 1 aliphatic heterocycles. The van der Waals surface area contributed by atoms with Crippen molar-refractivity contribution in [3.63, 3.8) is 0 Å². The van der Waals surface area contributed by atoms with Gasteiger partial charge in [-0.2, -0.15) is 0 Å². The first kappa shape index (κ1) is 16.8. The van der Waals surface area contributed by atoms with Crippen molar-refractivity contribution < 1.29 is 19.1 Å². The van der Waals surface area contributed by atoms with Crippen LogP contribution in [-0.2, 0) is 16.0 Å². The van der Waals surface area contributed by atoms with E-state index in [1.807, 2.05) is 24.3 Å². The molecule has 0 radical (unpaired) electrons. The Morgan fingerprint density at radius 1 is 1.40 bits per heavy atom. The molecule has 2 heterocycles. The molecular formula is C17H20N4O4. The molecule has 8 heteroatoms. The van der Waals surface area contributed by atoms with Crippen LogP contribution in [0.25, 0.3) is 0 Å². The standard InChI is InChI=1S/C17H20N4O4/c1-24-12-5-3-4-11(8-12)16-15-13(19-10-20-15)6-7-21(16)17(23)18-9-14(22)25-2/h3-5,8,10,16H,6-7,9H2,1-2H3,(H,18,23)(H,19,20)/t16-/m0/s1. The maximum absolute atomic E-state index is 12.6. The van der Waals surface area contributed by atoms with Gasteiger partial charge in [0.2, 0.25) is 0 Å². The predicted molar refractivity (Wildman–Crippen MR) is 89.2 cm³/mol. The lowest BCUT2D eigenvalue weighted by molar-refractivity contribution is -0.139. The van der Waals surface area contributed by atoms with Crippen LogP contribution < -0.4 is 10.1 Å². The van der Waals surface area contributed by atoms with Gasteiger partial charge in [0.15, 0.2) is 0 Å². The van der Waals surface area contributed by atoms with Crippen LogP contribution in [0.1, 0.15) is 23.0 Å². The molecule has 2 aromatic rings. The number of fused-ring (bicyclic) bond motifs is 1. The second-order valence-electron chi connectivity index (χ2n) is 5.62. The maximum Gasteiger partial charge on any atom is 0.325 e. The van der Waals surface area contributed by atoms with Crippen molar-refractivity contribution in [1.29, 1.82) is 0 Å². The Labute approximate surface area is 145 Å². The van der Waals surface area contributed by atoms with Gasteiger partial charge in [-0.05, 0) is 17.7 Å². The highest BCUT2D eigenvalue weighted by molar-refractivity contribution is 5.81. The lowest BCUT2D eigenvalue weighted by atomic mass is 9.96. The minimum absolute atomic E-state index is 0.177. The molecule has 0 fully saturated rings. The van der Waals surface area contributed by atoms with E-state index in [9.17, 15) is 9.59 Å². The second kappa shape index (κ2) is 7.25. The molecule has 1 atom stereocenters. The summed E-state index contributed by atoms with van der Waals surface area (Å²) in [6, 6.07) is 6.83. The molecule has 0 aliphatic carbocycles. The van der Waals surface area contributed by atoms with Crippen molar-refractivity contribution in [3.05, 3.63) is 47.5 Å². The van der Waals surface area contributed by atoms with Crippen LogP contribution >= 0.6 is 0 Å². The van der Waals surface area contributed by atoms with Gasteiger partial charge in [-0.25, -0.2) is 9.78 Å². The number of carbonyl (C=O) groups excluding carboxylic acids is 2. The SMILES string of the molecule is COC(=O)CNC(=O)N1CCc2[nH]cnc2[C@@H]1c1cccc(OC)c1. The number of esters is 1. The van der Waals surface area contributed by atoms with Crippen molar-refractivity contribution in [1.82, 2.24) is 20.2 Å². The minimum Gasteiger partial charge on any atom is -0.497 e. The molecule has 0 unspecified atom stereocenters. The molecular weight excluding hydrogens is 324 g/mol. The van der Waals surface area contributed by atoms with Gasteiger partial charge in [-0.15, -0.1) is 0 Å². The van der Waals surface area contributed by atoms with Crippen LogP contribution in [-0.4, -0.2) is 54.2 Å². The van der Waals surface area contributed by atoms with Crippen LogP contribution in [0.4, 0.5) is 4.79 Å². The number of hydrogen-bond acceptors (Lipinski definition) is 5. The molecule has 0 bridgehead atoms. The predicted octanol–water partition coefficient (Wildman–Crippen LogP) is 1.25. The quantitative estimate of drug-likeness (QED) is 0.814. The van der Waals surface area contributed by atoms with Gasteiger partial charge in [0.25, 0.3) is 0 Å². The first-order chi connectivity index (χ1) is 12.1. The van der Waals surface area contributed by atoms with Gasteiger partial charge in [0.05, 0.1) is 26.2 Å². The number of nitrogens with one attached hydrogen (secondary N) is 2. The molecule has 1 aromatic heterocycles. The van der Waals surface area contributed by atoms with Crippen LogP contribution in [0.3, 0.4) is 0 Å². The fourth-order valence-corrected chi connectivity index (χ4v) is 2.97. The number of imidazole rings is 1. The van der Waals surface area contributed by atoms with E-state index in [1.165, 1.54) is 7.11 Å². The highest BCUT2D eigenvalue weighted by Gasteiger charge is 2.34. The van der Waals surface area contributed by atoms with E-state index in [-0.39, 0.29) is 18.6 Å². The summed E-state index contributed by atoms with van der Waals surface area (Å²) in [5.74, 6) is 0.207. The number of nitrogens with zero attached hydrogens (tertiary/aromatic N) is 2. The van der Waals surface area contributed by atoms with E-state index in [1.54, 1.807) is 18.3 Å². The Bertz CT molecular complexity index is 774. The van der Waals surface area contributed by atoms with Crippen LogP contribution in [0, 0.1) is 0 Å². The molecule has 25 heavy (non-hydrogen) atoms. The second-order valence-corrected chi connectivity index (χ2v) is 5.62. The van der Waals surface area contributed by atoms with E-state index < -0.39 is 5.97 Å². The smallest absolute Gasteiger partial charge is 0.325 e. The summed E-state index contributed by atoms with van der Waals surface area (Å²) in [7, 11) is 2.88. The third kappa shape index (κ3) is 3.42. The molecule has 1 aromatic carbocycles. The molecule has 2 amide bonds. The monoisotopic (exact) mass is 344 g/mol. The topological polar surface area (TPSA) is 96.6 Å². The zero-order valence-electron chi connectivity index (χ0n) is 14.1. The Hall–Kier alpha value is -3.03. The number of ether oxygens (including phenoxy) is 2. The van der Waals surface area contributed by atoms with Gasteiger partial charge in [-0.1, -0.05) is 12.1 Å². The average molecular weight is 344 g/mol. The maximum atomic E-state index is 12.6. The molecule has 2 N–H and O–H groups in total. The zero-order valence-corrected chi connectivity index (χ0v) is 14.1. The summed E-state index contributed by atoms with van der Waals surface area (Å²) in [5, 5.41) is 2.60. The lowest BCUT2D eigenvalue weighted by Crippen LogP contribution is -2.47. The third-order valence-electron chi connectivity index (χ3n) is 4.21. The summed E-state index contributed by atoms with van der Waals surface area (Å²) in [4.78, 5) is 33.1. The molecule has 0 saturated carbocycles. The van der Waals surface area contributed by atoms with Crippen LogP contribution in [0.5, 0.6) is 5.75 Å². The lowest BCUT2D eigenvalue weighted by Gasteiger charge is -2.35. The summed E-state index contributed by atoms with van der Waals surface area (Å²) >= 11 is 0. The number of benzene rings is 1. The molecule has 132 valence electrons. The summed E-state index contributed by atoms with van der Waals surface area (Å²) in [5.41, 5.74) is 2.69. The Balaban J connectivity index is 1.91. The van der Waals surface area contributed by atoms with E-state index in [2.05, 4.69) is 20.0 Å².